The molecule has 0 heterocycles. The molecule has 0 aromatic carbocycles. The number of hydrogen-bond donors (Lipinski definition) is 2. The Morgan fingerprint density at radius 1 is 0.429 bits per heavy atom. The van der Waals surface area contributed by atoms with Gasteiger partial charge in [-0.1, -0.05) is 170 Å². The fourth-order valence-electron chi connectivity index (χ4n) is 8.04. The molecule has 4 nitrogen and oxygen atoms in total. The molecule has 0 rings (SSSR count). The maximum Gasteiger partial charge on any atom is 0.310 e. The number of rotatable bonds is 31. The van der Waals surface area contributed by atoms with E-state index in [0.29, 0.717) is 12.8 Å². The Bertz CT molecular complexity index is 636. The molecule has 0 aliphatic rings. The maximum absolute atomic E-state index is 14.0. The van der Waals surface area contributed by atoms with Gasteiger partial charge in [0.05, 0.1) is 5.41 Å². The van der Waals surface area contributed by atoms with Crippen molar-refractivity contribution in [2.75, 3.05) is 0 Å². The molecule has 0 aliphatic carbocycles. The lowest BCUT2D eigenvalue weighted by atomic mass is 9.45. The lowest BCUT2D eigenvalue weighted by Crippen LogP contribution is -2.57. The lowest BCUT2D eigenvalue weighted by Gasteiger charge is -2.57. The molecule has 0 amide bonds. The van der Waals surface area contributed by atoms with Crippen molar-refractivity contribution in [3.8, 4) is 0 Å². The van der Waals surface area contributed by atoms with Gasteiger partial charge in [-0.15, -0.1) is 0 Å². The predicted octanol–water partition coefficient (Wildman–Crippen LogP) is 12.8. The first kappa shape index (κ1) is 40.9. The zero-order valence-corrected chi connectivity index (χ0v) is 29.3. The minimum atomic E-state index is -0.916. The van der Waals surface area contributed by atoms with Gasteiger partial charge < -0.3 is 10.2 Å². The highest BCUT2D eigenvalue weighted by atomic mass is 16.4. The highest BCUT2D eigenvalue weighted by Crippen LogP contribution is 2.63. The molecule has 42 heavy (non-hydrogen) atoms. The fraction of sp³-hybridized carbons (Fsp3) is 0.947. The van der Waals surface area contributed by atoms with Crippen molar-refractivity contribution in [2.24, 2.45) is 16.2 Å². The lowest BCUT2D eigenvalue weighted by molar-refractivity contribution is -0.182. The van der Waals surface area contributed by atoms with E-state index in [9.17, 15) is 19.8 Å². The minimum Gasteiger partial charge on any atom is -0.481 e. The zero-order valence-electron chi connectivity index (χ0n) is 29.3. The third-order valence-electron chi connectivity index (χ3n) is 10.7. The number of unbranched alkanes of at least 4 members (excludes halogenated alkanes) is 16. The van der Waals surface area contributed by atoms with E-state index in [0.717, 1.165) is 64.2 Å². The number of aliphatic carboxylic acids is 2. The standard InChI is InChI=1S/C38H74O4/c1-7-11-15-19-21-25-31-36(5,29-23-17-13-9-3)38(35(41)42,33-27-28-34(39)40)37(6,30-24-18-14-10-4)32-26-22-20-16-12-8-2/h7-33H2,1-6H3,(H,39,40)(H,41,42). The van der Waals surface area contributed by atoms with Crippen LogP contribution in [0.5, 0.6) is 0 Å². The Kier molecular flexibility index (Phi) is 23.7. The molecule has 2 unspecified atom stereocenters. The highest BCUT2D eigenvalue weighted by Gasteiger charge is 2.61. The van der Waals surface area contributed by atoms with Crippen LogP contribution in [0.2, 0.25) is 0 Å². The van der Waals surface area contributed by atoms with Crippen molar-refractivity contribution in [3.05, 3.63) is 0 Å². The van der Waals surface area contributed by atoms with Crippen LogP contribution in [0.25, 0.3) is 0 Å². The Morgan fingerprint density at radius 2 is 0.714 bits per heavy atom. The van der Waals surface area contributed by atoms with Crippen molar-refractivity contribution < 1.29 is 19.8 Å². The predicted molar refractivity (Wildman–Crippen MR) is 181 cm³/mol. The second-order valence-corrected chi connectivity index (χ2v) is 14.2. The van der Waals surface area contributed by atoms with Gasteiger partial charge in [0.2, 0.25) is 0 Å². The largest absolute Gasteiger partial charge is 0.481 e. The molecule has 0 saturated heterocycles. The normalized spacial score (nSPS) is 16.0. The third-order valence-corrected chi connectivity index (χ3v) is 10.7. The number of hydrogen-bond acceptors (Lipinski definition) is 2. The van der Waals surface area contributed by atoms with E-state index in [1.807, 2.05) is 0 Å². The summed E-state index contributed by atoms with van der Waals surface area (Å²) in [5.74, 6) is -1.46. The Labute approximate surface area is 262 Å². The van der Waals surface area contributed by atoms with Gasteiger partial charge in [-0.2, -0.15) is 0 Å². The molecule has 0 fully saturated rings. The van der Waals surface area contributed by atoms with Gasteiger partial charge >= 0.3 is 11.9 Å². The van der Waals surface area contributed by atoms with E-state index >= 15 is 0 Å². The Morgan fingerprint density at radius 3 is 1.00 bits per heavy atom. The zero-order chi connectivity index (χ0) is 31.7. The fourth-order valence-corrected chi connectivity index (χ4v) is 8.04. The van der Waals surface area contributed by atoms with Crippen LogP contribution in [0.1, 0.15) is 215 Å². The summed E-state index contributed by atoms with van der Waals surface area (Å²) < 4.78 is 0. The van der Waals surface area contributed by atoms with E-state index < -0.39 is 17.4 Å². The summed E-state index contributed by atoms with van der Waals surface area (Å²) in [6.45, 7) is 13.6. The summed E-state index contributed by atoms with van der Waals surface area (Å²) in [6, 6.07) is 0. The molecule has 0 saturated carbocycles. The summed E-state index contributed by atoms with van der Waals surface area (Å²) in [6.07, 6.45) is 28.4. The topological polar surface area (TPSA) is 74.6 Å². The summed E-state index contributed by atoms with van der Waals surface area (Å²) >= 11 is 0. The van der Waals surface area contributed by atoms with E-state index in [-0.39, 0.29) is 17.3 Å². The average Bonchev–Trinajstić information content (AvgIpc) is 2.95. The first-order valence-corrected chi connectivity index (χ1v) is 18.6. The summed E-state index contributed by atoms with van der Waals surface area (Å²) in [4.78, 5) is 25.7. The monoisotopic (exact) mass is 595 g/mol. The summed E-state index contributed by atoms with van der Waals surface area (Å²) in [7, 11) is 0. The van der Waals surface area contributed by atoms with Crippen molar-refractivity contribution in [1.29, 1.82) is 0 Å². The molecule has 4 heteroatoms. The molecule has 0 aromatic rings. The van der Waals surface area contributed by atoms with Crippen LogP contribution in [-0.4, -0.2) is 22.2 Å². The van der Waals surface area contributed by atoms with Gasteiger partial charge in [0.15, 0.2) is 0 Å². The van der Waals surface area contributed by atoms with Crippen LogP contribution in [0.4, 0.5) is 0 Å². The molecule has 2 atom stereocenters. The number of carbonyl (C=O) groups is 2. The third kappa shape index (κ3) is 14.6. The SMILES string of the molecule is CCCCCCCCC(C)(CCCCCC)C(CCCC(=O)O)(C(=O)O)C(C)(CCCCCC)CCCCCCCC. The van der Waals surface area contributed by atoms with Crippen LogP contribution >= 0.6 is 0 Å². The van der Waals surface area contributed by atoms with Crippen LogP contribution in [0, 0.1) is 16.2 Å². The molecule has 2 N–H and O–H groups in total. The molecule has 250 valence electrons. The van der Waals surface area contributed by atoms with Crippen molar-refractivity contribution in [3.63, 3.8) is 0 Å². The average molecular weight is 595 g/mol. The smallest absolute Gasteiger partial charge is 0.310 e. The van der Waals surface area contributed by atoms with E-state index in [1.54, 1.807) is 0 Å². The van der Waals surface area contributed by atoms with Crippen LogP contribution in [0.3, 0.4) is 0 Å². The van der Waals surface area contributed by atoms with Gasteiger partial charge in [-0.3, -0.25) is 9.59 Å². The van der Waals surface area contributed by atoms with Crippen LogP contribution < -0.4 is 0 Å². The van der Waals surface area contributed by atoms with E-state index in [1.165, 1.54) is 89.9 Å². The second-order valence-electron chi connectivity index (χ2n) is 14.2. The van der Waals surface area contributed by atoms with E-state index in [4.69, 9.17) is 0 Å². The van der Waals surface area contributed by atoms with Crippen LogP contribution in [0.15, 0.2) is 0 Å². The maximum atomic E-state index is 14.0. The van der Waals surface area contributed by atoms with Crippen LogP contribution in [-0.2, 0) is 9.59 Å². The Hall–Kier alpha value is -1.06. The highest BCUT2D eigenvalue weighted by molar-refractivity contribution is 5.77. The van der Waals surface area contributed by atoms with Gasteiger partial charge in [0.25, 0.3) is 0 Å². The number of carboxylic acid groups (broad SMARTS) is 2. The number of carboxylic acids is 2. The van der Waals surface area contributed by atoms with E-state index in [2.05, 4.69) is 41.5 Å². The summed E-state index contributed by atoms with van der Waals surface area (Å²) in [5, 5.41) is 21.1. The molecule has 0 bridgehead atoms. The molecule has 0 aromatic heterocycles. The van der Waals surface area contributed by atoms with Gasteiger partial charge in [-0.05, 0) is 49.4 Å². The molecule has 0 spiro atoms. The van der Waals surface area contributed by atoms with Gasteiger partial charge in [-0.25, -0.2) is 0 Å². The van der Waals surface area contributed by atoms with Gasteiger partial charge in [0.1, 0.15) is 0 Å². The van der Waals surface area contributed by atoms with Gasteiger partial charge in [0, 0.05) is 6.42 Å². The molecule has 0 aliphatic heterocycles. The molecule has 0 radical (unpaired) electrons. The quantitative estimate of drug-likeness (QED) is 0.0783. The molecular weight excluding hydrogens is 520 g/mol. The molecular formula is C38H74O4. The second kappa shape index (κ2) is 24.3. The van der Waals surface area contributed by atoms with Crippen molar-refractivity contribution >= 4 is 11.9 Å². The Balaban J connectivity index is 6.58. The van der Waals surface area contributed by atoms with Crippen molar-refractivity contribution in [2.45, 2.75) is 215 Å². The first-order valence-electron chi connectivity index (χ1n) is 18.6. The minimum absolute atomic E-state index is 0.0564. The summed E-state index contributed by atoms with van der Waals surface area (Å²) in [5.41, 5.74) is -1.62. The first-order chi connectivity index (χ1) is 20.1. The van der Waals surface area contributed by atoms with Crippen molar-refractivity contribution in [1.82, 2.24) is 0 Å².